The van der Waals surface area contributed by atoms with Gasteiger partial charge in [-0.25, -0.2) is 4.98 Å². The van der Waals surface area contributed by atoms with Gasteiger partial charge < -0.3 is 20.0 Å². The van der Waals surface area contributed by atoms with Crippen LogP contribution in [0, 0.1) is 0 Å². The fourth-order valence-corrected chi connectivity index (χ4v) is 4.20. The van der Waals surface area contributed by atoms with Gasteiger partial charge in [-0.1, -0.05) is 48.5 Å². The largest absolute Gasteiger partial charge is 0.444 e. The highest BCUT2D eigenvalue weighted by Gasteiger charge is 2.25. The van der Waals surface area contributed by atoms with Crippen molar-refractivity contribution in [1.82, 2.24) is 25.4 Å². The Labute approximate surface area is 219 Å². The maximum atomic E-state index is 5.62. The maximum absolute atomic E-state index is 5.62. The molecular formula is C26H35IN6O. The number of likely N-dealkylation sites (N-methyl/N-ethyl adjacent to an activating group) is 1. The number of piperazine rings is 1. The molecule has 1 unspecified atom stereocenters. The van der Waals surface area contributed by atoms with Crippen molar-refractivity contribution in [3.63, 3.8) is 0 Å². The first-order valence-corrected chi connectivity index (χ1v) is 11.6. The smallest absolute Gasteiger partial charge is 0.226 e. The van der Waals surface area contributed by atoms with E-state index in [1.807, 2.05) is 30.3 Å². The predicted molar refractivity (Wildman–Crippen MR) is 148 cm³/mol. The standard InChI is InChI=1S/C26H34N6O.HI/c1-27-26(29-18-23-20-33-25(30-23)22-12-7-4-8-13-22)28-14-9-15-32-17-16-31(2)19-24(32)21-10-5-3-6-11-21;/h3-8,10-13,20,24H,9,14-19H2,1-2H3,(H2,27,28,29);1H. The Hall–Kier alpha value is -2.43. The number of guanidine groups is 1. The zero-order valence-electron chi connectivity index (χ0n) is 20.0. The zero-order chi connectivity index (χ0) is 22.9. The summed E-state index contributed by atoms with van der Waals surface area (Å²) in [5, 5.41) is 6.75. The van der Waals surface area contributed by atoms with Crippen LogP contribution >= 0.6 is 24.0 Å². The van der Waals surface area contributed by atoms with E-state index in [2.05, 4.69) is 67.8 Å². The van der Waals surface area contributed by atoms with Crippen molar-refractivity contribution < 1.29 is 4.42 Å². The van der Waals surface area contributed by atoms with Gasteiger partial charge in [0.2, 0.25) is 5.89 Å². The summed E-state index contributed by atoms with van der Waals surface area (Å²) in [6, 6.07) is 21.2. The molecule has 1 aromatic heterocycles. The summed E-state index contributed by atoms with van der Waals surface area (Å²) in [5.74, 6) is 1.41. The molecular weight excluding hydrogens is 539 g/mol. The molecule has 1 saturated heterocycles. The van der Waals surface area contributed by atoms with Crippen molar-refractivity contribution in [1.29, 1.82) is 0 Å². The Morgan fingerprint density at radius 3 is 2.53 bits per heavy atom. The van der Waals surface area contributed by atoms with Crippen molar-refractivity contribution in [3.05, 3.63) is 78.2 Å². The van der Waals surface area contributed by atoms with Crippen LogP contribution in [0.1, 0.15) is 23.7 Å². The van der Waals surface area contributed by atoms with E-state index in [-0.39, 0.29) is 24.0 Å². The molecule has 2 N–H and O–H groups in total. The van der Waals surface area contributed by atoms with Crippen LogP contribution in [0.25, 0.3) is 11.5 Å². The second-order valence-electron chi connectivity index (χ2n) is 8.44. The number of aromatic nitrogens is 1. The van der Waals surface area contributed by atoms with Gasteiger partial charge in [0.25, 0.3) is 0 Å². The van der Waals surface area contributed by atoms with E-state index in [1.54, 1.807) is 13.3 Å². The molecule has 34 heavy (non-hydrogen) atoms. The summed E-state index contributed by atoms with van der Waals surface area (Å²) >= 11 is 0. The first kappa shape index (κ1) is 26.2. The topological polar surface area (TPSA) is 68.9 Å². The van der Waals surface area contributed by atoms with Gasteiger partial charge in [-0.3, -0.25) is 9.89 Å². The molecule has 0 spiro atoms. The van der Waals surface area contributed by atoms with E-state index in [0.29, 0.717) is 18.5 Å². The van der Waals surface area contributed by atoms with Gasteiger partial charge in [-0.05, 0) is 31.2 Å². The number of nitrogens with zero attached hydrogens (tertiary/aromatic N) is 4. The molecule has 2 heterocycles. The minimum Gasteiger partial charge on any atom is -0.444 e. The highest BCUT2D eigenvalue weighted by Crippen LogP contribution is 2.24. The molecule has 182 valence electrons. The summed E-state index contributed by atoms with van der Waals surface area (Å²) in [5.41, 5.74) is 3.22. The van der Waals surface area contributed by atoms with Gasteiger partial charge in [-0.15, -0.1) is 24.0 Å². The first-order chi connectivity index (χ1) is 16.2. The average Bonchev–Trinajstić information content (AvgIpc) is 3.34. The molecule has 1 aliphatic heterocycles. The highest BCUT2D eigenvalue weighted by atomic mass is 127. The van der Waals surface area contributed by atoms with E-state index in [0.717, 1.165) is 56.4 Å². The minimum absolute atomic E-state index is 0. The molecule has 1 fully saturated rings. The lowest BCUT2D eigenvalue weighted by molar-refractivity contribution is 0.0891. The predicted octanol–water partition coefficient (Wildman–Crippen LogP) is 4.00. The molecule has 0 aliphatic carbocycles. The fourth-order valence-electron chi connectivity index (χ4n) is 4.20. The van der Waals surface area contributed by atoms with Crippen molar-refractivity contribution in [2.24, 2.45) is 4.99 Å². The van der Waals surface area contributed by atoms with E-state index < -0.39 is 0 Å². The molecule has 8 heteroatoms. The number of hydrogen-bond donors (Lipinski definition) is 2. The van der Waals surface area contributed by atoms with E-state index in [9.17, 15) is 0 Å². The summed E-state index contributed by atoms with van der Waals surface area (Å²) < 4.78 is 5.62. The lowest BCUT2D eigenvalue weighted by atomic mass is 10.0. The molecule has 0 bridgehead atoms. The number of hydrogen-bond acceptors (Lipinski definition) is 5. The molecule has 3 aromatic rings. The van der Waals surface area contributed by atoms with Gasteiger partial charge in [0.1, 0.15) is 6.26 Å². The molecule has 1 aliphatic rings. The Kier molecular flexibility index (Phi) is 10.4. The SMILES string of the molecule is CN=C(NCCCN1CCN(C)CC1c1ccccc1)NCc1coc(-c2ccccc2)n1.I. The van der Waals surface area contributed by atoms with Crippen LogP contribution in [0.15, 0.2) is 76.3 Å². The van der Waals surface area contributed by atoms with Gasteiger partial charge in [0.05, 0.1) is 12.2 Å². The lowest BCUT2D eigenvalue weighted by Crippen LogP contribution is -2.47. The molecule has 4 rings (SSSR count). The number of nitrogens with one attached hydrogen (secondary N) is 2. The van der Waals surface area contributed by atoms with Crippen molar-refractivity contribution in [2.75, 3.05) is 46.8 Å². The van der Waals surface area contributed by atoms with Crippen LogP contribution in [0.3, 0.4) is 0 Å². The second kappa shape index (κ2) is 13.5. The van der Waals surface area contributed by atoms with Crippen molar-refractivity contribution in [3.8, 4) is 11.5 Å². The van der Waals surface area contributed by atoms with Crippen molar-refractivity contribution >= 4 is 29.9 Å². The number of halogens is 1. The number of aliphatic imine (C=N–C) groups is 1. The normalized spacial score (nSPS) is 17.2. The van der Waals surface area contributed by atoms with Crippen LogP contribution in [0.4, 0.5) is 0 Å². The van der Waals surface area contributed by atoms with E-state index >= 15 is 0 Å². The van der Waals surface area contributed by atoms with Gasteiger partial charge >= 0.3 is 0 Å². The summed E-state index contributed by atoms with van der Waals surface area (Å²) in [6.45, 7) is 5.76. The van der Waals surface area contributed by atoms with Crippen LogP contribution < -0.4 is 10.6 Å². The molecule has 7 nitrogen and oxygen atoms in total. The third-order valence-electron chi connectivity index (χ3n) is 6.03. The van der Waals surface area contributed by atoms with Crippen LogP contribution in [0.2, 0.25) is 0 Å². The maximum Gasteiger partial charge on any atom is 0.226 e. The summed E-state index contributed by atoms with van der Waals surface area (Å²) in [6.07, 6.45) is 2.75. The molecule has 2 aromatic carbocycles. The molecule has 0 radical (unpaired) electrons. The average molecular weight is 575 g/mol. The Morgan fingerprint density at radius 2 is 1.79 bits per heavy atom. The lowest BCUT2D eigenvalue weighted by Gasteiger charge is -2.40. The summed E-state index contributed by atoms with van der Waals surface area (Å²) in [4.78, 5) is 13.9. The molecule has 0 amide bonds. The molecule has 0 saturated carbocycles. The fraction of sp³-hybridized carbons (Fsp3) is 0.385. The van der Waals surface area contributed by atoms with Gasteiger partial charge in [0, 0.05) is 51.4 Å². The zero-order valence-corrected chi connectivity index (χ0v) is 22.3. The van der Waals surface area contributed by atoms with Crippen molar-refractivity contribution in [2.45, 2.75) is 19.0 Å². The molecule has 1 atom stereocenters. The van der Waals surface area contributed by atoms with E-state index in [1.165, 1.54) is 5.56 Å². The third-order valence-corrected chi connectivity index (χ3v) is 6.03. The van der Waals surface area contributed by atoms with Crippen LogP contribution in [0.5, 0.6) is 0 Å². The number of rotatable bonds is 8. The van der Waals surface area contributed by atoms with Crippen LogP contribution in [-0.4, -0.2) is 67.6 Å². The Balaban J connectivity index is 0.00000324. The monoisotopic (exact) mass is 574 g/mol. The second-order valence-corrected chi connectivity index (χ2v) is 8.44. The Morgan fingerprint density at radius 1 is 1.06 bits per heavy atom. The van der Waals surface area contributed by atoms with Gasteiger partial charge in [-0.2, -0.15) is 0 Å². The highest BCUT2D eigenvalue weighted by molar-refractivity contribution is 14.0. The van der Waals surface area contributed by atoms with E-state index in [4.69, 9.17) is 4.42 Å². The Bertz CT molecular complexity index is 1010. The first-order valence-electron chi connectivity index (χ1n) is 11.6. The van der Waals surface area contributed by atoms with Crippen LogP contribution in [-0.2, 0) is 6.54 Å². The quantitative estimate of drug-likeness (QED) is 0.184. The minimum atomic E-state index is 0. The summed E-state index contributed by atoms with van der Waals surface area (Å²) in [7, 11) is 4.00. The van der Waals surface area contributed by atoms with Gasteiger partial charge in [0.15, 0.2) is 5.96 Å². The number of benzene rings is 2. The third kappa shape index (κ3) is 7.28. The number of oxazole rings is 1.